The molecule has 6 nitrogen and oxygen atoms in total. The summed E-state index contributed by atoms with van der Waals surface area (Å²) in [6.07, 6.45) is 65.3. The van der Waals surface area contributed by atoms with Crippen LogP contribution in [0, 0.1) is 0 Å². The van der Waals surface area contributed by atoms with E-state index >= 15 is 0 Å². The van der Waals surface area contributed by atoms with Crippen LogP contribution >= 0.6 is 0 Å². The molecule has 3 N–H and O–H groups in total. The van der Waals surface area contributed by atoms with E-state index < -0.39 is 12.1 Å². The van der Waals surface area contributed by atoms with Gasteiger partial charge < -0.3 is 20.3 Å². The Morgan fingerprint density at radius 3 is 0.924 bits per heavy atom. The zero-order chi connectivity index (χ0) is 47.9. The number of aliphatic hydroxyl groups excluding tert-OH is 2. The Hall–Kier alpha value is -1.14. The van der Waals surface area contributed by atoms with Crippen LogP contribution in [0.5, 0.6) is 0 Å². The lowest BCUT2D eigenvalue weighted by Crippen LogP contribution is -2.45. The molecule has 0 fully saturated rings. The number of hydrogen-bond acceptors (Lipinski definition) is 5. The molecule has 0 aliphatic heterocycles. The molecule has 0 aliphatic rings. The van der Waals surface area contributed by atoms with Gasteiger partial charge in [0.1, 0.15) is 0 Å². The molecular weight excluding hydrogens is 815 g/mol. The molecule has 0 radical (unpaired) electrons. The number of carbonyl (C=O) groups excluding carboxylic acids is 2. The Balaban J connectivity index is 3.44. The van der Waals surface area contributed by atoms with Crippen LogP contribution in [-0.2, 0) is 14.3 Å². The van der Waals surface area contributed by atoms with Crippen LogP contribution < -0.4 is 5.32 Å². The third kappa shape index (κ3) is 52.2. The molecule has 1 amide bonds. The highest BCUT2D eigenvalue weighted by atomic mass is 16.5. The minimum atomic E-state index is -0.681. The SMILES string of the molecule is CCCCCCCCCCCCCCCCCCCCCCCCCC(O)C(CO)NC(=O)CCCCCCCCCCCOC(=O)CCCCCCCCCCCCCCCCCCC. The second kappa shape index (κ2) is 56.4. The van der Waals surface area contributed by atoms with Gasteiger partial charge in [-0.3, -0.25) is 9.59 Å². The van der Waals surface area contributed by atoms with Gasteiger partial charge in [-0.25, -0.2) is 0 Å². The molecule has 0 spiro atoms. The minimum absolute atomic E-state index is 0.0192. The Morgan fingerprint density at radius 1 is 0.364 bits per heavy atom. The lowest BCUT2D eigenvalue weighted by molar-refractivity contribution is -0.143. The Morgan fingerprint density at radius 2 is 0.621 bits per heavy atom. The van der Waals surface area contributed by atoms with Crippen molar-refractivity contribution >= 4 is 11.9 Å². The molecule has 0 heterocycles. The molecule has 394 valence electrons. The summed E-state index contributed by atoms with van der Waals surface area (Å²) in [5, 5.41) is 23.3. The van der Waals surface area contributed by atoms with Gasteiger partial charge in [0.05, 0.1) is 25.4 Å². The number of unbranched alkanes of at least 4 members (excludes halogenated alkanes) is 46. The average molecular weight is 935 g/mol. The molecule has 0 saturated carbocycles. The van der Waals surface area contributed by atoms with Crippen LogP contribution in [0.2, 0.25) is 0 Å². The van der Waals surface area contributed by atoms with Crippen molar-refractivity contribution in [1.29, 1.82) is 0 Å². The van der Waals surface area contributed by atoms with E-state index in [1.54, 1.807) is 0 Å². The maximum Gasteiger partial charge on any atom is 0.305 e. The van der Waals surface area contributed by atoms with E-state index in [1.807, 2.05) is 0 Å². The molecular formula is C60H119NO5. The number of esters is 1. The van der Waals surface area contributed by atoms with Gasteiger partial charge in [-0.1, -0.05) is 309 Å². The fourth-order valence-corrected chi connectivity index (χ4v) is 9.76. The number of nitrogens with one attached hydrogen (secondary N) is 1. The van der Waals surface area contributed by atoms with E-state index in [0.29, 0.717) is 25.9 Å². The van der Waals surface area contributed by atoms with Crippen molar-refractivity contribution in [3.63, 3.8) is 0 Å². The maximum absolute atomic E-state index is 12.5. The monoisotopic (exact) mass is 934 g/mol. The maximum atomic E-state index is 12.5. The van der Waals surface area contributed by atoms with Crippen LogP contribution in [0.4, 0.5) is 0 Å². The summed E-state index contributed by atoms with van der Waals surface area (Å²) in [5.41, 5.74) is 0. The topological polar surface area (TPSA) is 95.9 Å². The number of amides is 1. The molecule has 0 rings (SSSR count). The van der Waals surface area contributed by atoms with E-state index in [0.717, 1.165) is 57.8 Å². The minimum Gasteiger partial charge on any atom is -0.466 e. The third-order valence-corrected chi connectivity index (χ3v) is 14.4. The fourth-order valence-electron chi connectivity index (χ4n) is 9.76. The standard InChI is InChI=1S/C60H119NO5/c1-3-5-7-9-11-13-15-17-19-21-22-23-24-25-26-28-29-31-33-36-40-44-48-52-58(63)57(56-62)61-59(64)53-49-45-41-37-35-39-43-47-51-55-66-60(65)54-50-46-42-38-34-32-30-27-20-18-16-14-12-10-8-6-4-2/h57-58,62-63H,3-56H2,1-2H3,(H,61,64). The van der Waals surface area contributed by atoms with Crippen molar-refractivity contribution in [1.82, 2.24) is 5.32 Å². The average Bonchev–Trinajstić information content (AvgIpc) is 3.32. The van der Waals surface area contributed by atoms with Crippen LogP contribution in [0.3, 0.4) is 0 Å². The number of hydrogen-bond donors (Lipinski definition) is 3. The van der Waals surface area contributed by atoms with Crippen molar-refractivity contribution in [3.8, 4) is 0 Å². The first-order valence-corrected chi connectivity index (χ1v) is 30.3. The summed E-state index contributed by atoms with van der Waals surface area (Å²) in [7, 11) is 0. The normalized spacial score (nSPS) is 12.5. The van der Waals surface area contributed by atoms with Gasteiger partial charge >= 0.3 is 5.97 Å². The zero-order valence-electron chi connectivity index (χ0n) is 45.0. The van der Waals surface area contributed by atoms with Crippen LogP contribution in [-0.4, -0.2) is 47.4 Å². The predicted octanol–water partition coefficient (Wildman–Crippen LogP) is 18.7. The van der Waals surface area contributed by atoms with Gasteiger partial charge in [-0.15, -0.1) is 0 Å². The summed E-state index contributed by atoms with van der Waals surface area (Å²) < 4.78 is 5.47. The smallest absolute Gasteiger partial charge is 0.305 e. The molecule has 2 atom stereocenters. The van der Waals surface area contributed by atoms with Crippen LogP contribution in [0.1, 0.15) is 348 Å². The molecule has 66 heavy (non-hydrogen) atoms. The van der Waals surface area contributed by atoms with Crippen molar-refractivity contribution in [2.45, 2.75) is 360 Å². The number of carbonyl (C=O) groups is 2. The Kier molecular flexibility index (Phi) is 55.5. The van der Waals surface area contributed by atoms with Gasteiger partial charge in [0.25, 0.3) is 0 Å². The summed E-state index contributed by atoms with van der Waals surface area (Å²) in [6.45, 7) is 4.93. The van der Waals surface area contributed by atoms with Gasteiger partial charge in [-0.05, 0) is 25.7 Å². The van der Waals surface area contributed by atoms with E-state index in [9.17, 15) is 19.8 Å². The quantitative estimate of drug-likeness (QED) is 0.0417. The highest BCUT2D eigenvalue weighted by molar-refractivity contribution is 5.76. The molecule has 0 bridgehead atoms. The molecule has 0 saturated heterocycles. The second-order valence-electron chi connectivity index (χ2n) is 21.1. The molecule has 0 aromatic heterocycles. The second-order valence-corrected chi connectivity index (χ2v) is 21.1. The summed E-state index contributed by atoms with van der Waals surface area (Å²) in [5.74, 6) is -0.0763. The van der Waals surface area contributed by atoms with Gasteiger partial charge in [-0.2, -0.15) is 0 Å². The van der Waals surface area contributed by atoms with E-state index in [1.165, 1.54) is 257 Å². The molecule has 6 heteroatoms. The van der Waals surface area contributed by atoms with Crippen LogP contribution in [0.15, 0.2) is 0 Å². The van der Waals surface area contributed by atoms with E-state index in [-0.39, 0.29) is 18.5 Å². The first kappa shape index (κ1) is 64.9. The van der Waals surface area contributed by atoms with Gasteiger partial charge in [0.15, 0.2) is 0 Å². The summed E-state index contributed by atoms with van der Waals surface area (Å²) in [6, 6.07) is -0.561. The highest BCUT2D eigenvalue weighted by Crippen LogP contribution is 2.18. The summed E-state index contributed by atoms with van der Waals surface area (Å²) >= 11 is 0. The molecule has 0 aromatic rings. The summed E-state index contributed by atoms with van der Waals surface area (Å²) in [4.78, 5) is 24.6. The van der Waals surface area contributed by atoms with Gasteiger partial charge in [0, 0.05) is 12.8 Å². The first-order valence-electron chi connectivity index (χ1n) is 30.3. The number of aliphatic hydroxyl groups is 2. The van der Waals surface area contributed by atoms with Crippen molar-refractivity contribution in [2.24, 2.45) is 0 Å². The highest BCUT2D eigenvalue weighted by Gasteiger charge is 2.20. The number of rotatable bonds is 57. The molecule has 2 unspecified atom stereocenters. The largest absolute Gasteiger partial charge is 0.466 e. The third-order valence-electron chi connectivity index (χ3n) is 14.4. The van der Waals surface area contributed by atoms with Crippen molar-refractivity contribution in [2.75, 3.05) is 13.2 Å². The lowest BCUT2D eigenvalue weighted by atomic mass is 10.0. The fraction of sp³-hybridized carbons (Fsp3) is 0.967. The predicted molar refractivity (Wildman–Crippen MR) is 287 cm³/mol. The van der Waals surface area contributed by atoms with Gasteiger partial charge in [0.2, 0.25) is 5.91 Å². The van der Waals surface area contributed by atoms with E-state index in [4.69, 9.17) is 4.74 Å². The Bertz CT molecular complexity index is 944. The lowest BCUT2D eigenvalue weighted by Gasteiger charge is -2.22. The molecule has 0 aliphatic carbocycles. The van der Waals surface area contributed by atoms with Crippen molar-refractivity contribution in [3.05, 3.63) is 0 Å². The number of ether oxygens (including phenoxy) is 1. The molecule has 0 aromatic carbocycles. The first-order chi connectivity index (χ1) is 32.5. The Labute approximate surface area is 413 Å². The van der Waals surface area contributed by atoms with Crippen molar-refractivity contribution < 1.29 is 24.5 Å². The van der Waals surface area contributed by atoms with E-state index in [2.05, 4.69) is 19.2 Å². The van der Waals surface area contributed by atoms with Crippen LogP contribution in [0.25, 0.3) is 0 Å². The zero-order valence-corrected chi connectivity index (χ0v) is 45.0.